The molecule has 0 spiro atoms. The Labute approximate surface area is 120 Å². The molecule has 3 rings (SSSR count). The van der Waals surface area contributed by atoms with E-state index < -0.39 is 0 Å². The van der Waals surface area contributed by atoms with Crippen molar-refractivity contribution in [1.82, 2.24) is 9.78 Å². The van der Waals surface area contributed by atoms with Crippen molar-refractivity contribution in [3.63, 3.8) is 0 Å². The van der Waals surface area contributed by atoms with Gasteiger partial charge in [0.05, 0.1) is 12.2 Å². The van der Waals surface area contributed by atoms with Crippen LogP contribution in [-0.4, -0.2) is 9.78 Å². The zero-order chi connectivity index (χ0) is 13.9. The molecular weight excluding hydrogens is 246 g/mol. The fraction of sp³-hybridized carbons (Fsp3) is 0.471. The number of rotatable bonds is 3. The zero-order valence-electron chi connectivity index (χ0n) is 12.1. The summed E-state index contributed by atoms with van der Waals surface area (Å²) in [6.45, 7) is 2.30. The van der Waals surface area contributed by atoms with Gasteiger partial charge in [-0.15, -0.1) is 0 Å². The van der Waals surface area contributed by atoms with Gasteiger partial charge in [0.1, 0.15) is 0 Å². The molecule has 1 aromatic carbocycles. The maximum absolute atomic E-state index is 5.73. The van der Waals surface area contributed by atoms with Gasteiger partial charge in [-0.1, -0.05) is 25.5 Å². The Balaban J connectivity index is 1.72. The quantitative estimate of drug-likeness (QED) is 0.845. The first-order valence-electron chi connectivity index (χ1n) is 7.66. The number of benzene rings is 1. The summed E-state index contributed by atoms with van der Waals surface area (Å²) in [6, 6.07) is 8.59. The van der Waals surface area contributed by atoms with Gasteiger partial charge in [0.2, 0.25) is 0 Å². The second-order valence-electron chi connectivity index (χ2n) is 5.91. The summed E-state index contributed by atoms with van der Waals surface area (Å²) >= 11 is 0. The first kappa shape index (κ1) is 13.2. The fourth-order valence-electron chi connectivity index (χ4n) is 3.18. The number of hydrogen-bond donors (Lipinski definition) is 1. The lowest BCUT2D eigenvalue weighted by molar-refractivity contribution is 0.256. The predicted molar refractivity (Wildman–Crippen MR) is 83.4 cm³/mol. The van der Waals surface area contributed by atoms with E-state index in [1.807, 2.05) is 18.3 Å². The lowest BCUT2D eigenvalue weighted by Gasteiger charge is -2.27. The van der Waals surface area contributed by atoms with Crippen molar-refractivity contribution in [3.8, 4) is 11.1 Å². The monoisotopic (exact) mass is 269 g/mol. The van der Waals surface area contributed by atoms with Crippen LogP contribution in [0.2, 0.25) is 0 Å². The molecular formula is C17H23N3. The first-order chi connectivity index (χ1) is 9.76. The summed E-state index contributed by atoms with van der Waals surface area (Å²) < 4.78 is 2.16. The van der Waals surface area contributed by atoms with Gasteiger partial charge in [-0.25, -0.2) is 0 Å². The number of nitrogens with zero attached hydrogens (tertiary/aromatic N) is 2. The number of anilines is 1. The molecule has 0 amide bonds. The summed E-state index contributed by atoms with van der Waals surface area (Å²) in [7, 11) is 0. The van der Waals surface area contributed by atoms with Crippen LogP contribution in [0.1, 0.15) is 45.1 Å². The highest BCUT2D eigenvalue weighted by Gasteiger charge is 2.21. The molecule has 0 saturated heterocycles. The van der Waals surface area contributed by atoms with E-state index in [-0.39, 0.29) is 0 Å². The largest absolute Gasteiger partial charge is 0.399 e. The molecule has 0 bridgehead atoms. The topological polar surface area (TPSA) is 43.8 Å². The van der Waals surface area contributed by atoms with Gasteiger partial charge in [0.15, 0.2) is 0 Å². The van der Waals surface area contributed by atoms with E-state index in [9.17, 15) is 0 Å². The molecule has 2 N–H and O–H groups in total. The van der Waals surface area contributed by atoms with Crippen molar-refractivity contribution < 1.29 is 0 Å². The molecule has 0 unspecified atom stereocenters. The van der Waals surface area contributed by atoms with E-state index in [0.29, 0.717) is 6.04 Å². The van der Waals surface area contributed by atoms with Gasteiger partial charge in [-0.05, 0) is 49.3 Å². The number of nitrogens with two attached hydrogens (primary N) is 1. The Bertz CT molecular complexity index is 548. The van der Waals surface area contributed by atoms with Gasteiger partial charge < -0.3 is 5.73 Å². The summed E-state index contributed by atoms with van der Waals surface area (Å²) in [5.74, 6) is 0.929. The van der Waals surface area contributed by atoms with Crippen LogP contribution >= 0.6 is 0 Å². The lowest BCUT2D eigenvalue weighted by atomic mass is 9.85. The van der Waals surface area contributed by atoms with Crippen molar-refractivity contribution >= 4 is 5.69 Å². The summed E-state index contributed by atoms with van der Waals surface area (Å²) in [6.07, 6.45) is 10.7. The second kappa shape index (κ2) is 5.70. The molecule has 106 valence electrons. The molecule has 1 aliphatic rings. The Kier molecular flexibility index (Phi) is 3.77. The predicted octanol–water partition coefficient (Wildman–Crippen LogP) is 4.27. The molecule has 1 aromatic heterocycles. The highest BCUT2D eigenvalue weighted by Crippen LogP contribution is 2.34. The first-order valence-corrected chi connectivity index (χ1v) is 7.66. The van der Waals surface area contributed by atoms with Crippen molar-refractivity contribution in [1.29, 1.82) is 0 Å². The van der Waals surface area contributed by atoms with Crippen LogP contribution in [-0.2, 0) is 0 Å². The van der Waals surface area contributed by atoms with Crippen LogP contribution in [0.15, 0.2) is 36.7 Å². The standard InChI is InChI=1S/C17H23N3/c1-2-13-3-9-17(10-4-13)20-12-15(11-19-20)14-5-7-16(18)8-6-14/h5-8,11-13,17H,2-4,9-10,18H2,1H3. The SMILES string of the molecule is CCC1CCC(n2cc(-c3ccc(N)cc3)cn2)CC1. The number of hydrogen-bond acceptors (Lipinski definition) is 2. The van der Waals surface area contributed by atoms with E-state index in [0.717, 1.165) is 11.6 Å². The van der Waals surface area contributed by atoms with Crippen LogP contribution in [0.4, 0.5) is 5.69 Å². The zero-order valence-corrected chi connectivity index (χ0v) is 12.1. The van der Waals surface area contributed by atoms with Crippen LogP contribution in [0.5, 0.6) is 0 Å². The molecule has 0 radical (unpaired) electrons. The summed E-state index contributed by atoms with van der Waals surface area (Å²) in [5.41, 5.74) is 8.91. The van der Waals surface area contributed by atoms with Gasteiger partial charge in [-0.3, -0.25) is 4.68 Å². The smallest absolute Gasteiger partial charge is 0.0568 e. The molecule has 0 aliphatic heterocycles. The van der Waals surface area contributed by atoms with Crippen molar-refractivity contribution in [3.05, 3.63) is 36.7 Å². The van der Waals surface area contributed by atoms with E-state index in [4.69, 9.17) is 5.73 Å². The van der Waals surface area contributed by atoms with Crippen LogP contribution in [0, 0.1) is 5.92 Å². The van der Waals surface area contributed by atoms with Gasteiger partial charge in [0.25, 0.3) is 0 Å². The maximum atomic E-state index is 5.73. The number of nitrogen functional groups attached to an aromatic ring is 1. The van der Waals surface area contributed by atoms with Crippen LogP contribution in [0.25, 0.3) is 11.1 Å². The molecule has 20 heavy (non-hydrogen) atoms. The minimum Gasteiger partial charge on any atom is -0.399 e. The van der Waals surface area contributed by atoms with E-state index >= 15 is 0 Å². The average Bonchev–Trinajstić information content (AvgIpc) is 2.98. The third-order valence-electron chi connectivity index (χ3n) is 4.61. The molecule has 1 fully saturated rings. The van der Waals surface area contributed by atoms with E-state index in [2.05, 4.69) is 35.0 Å². The number of aromatic nitrogens is 2. The Morgan fingerprint density at radius 3 is 2.45 bits per heavy atom. The van der Waals surface area contributed by atoms with Crippen molar-refractivity contribution in [2.75, 3.05) is 5.73 Å². The fourth-order valence-corrected chi connectivity index (χ4v) is 3.18. The minimum atomic E-state index is 0.584. The molecule has 1 saturated carbocycles. The summed E-state index contributed by atoms with van der Waals surface area (Å²) in [4.78, 5) is 0. The van der Waals surface area contributed by atoms with Gasteiger partial charge in [-0.2, -0.15) is 5.10 Å². The highest BCUT2D eigenvalue weighted by molar-refractivity contribution is 5.63. The Morgan fingerprint density at radius 2 is 1.80 bits per heavy atom. The van der Waals surface area contributed by atoms with E-state index in [1.54, 1.807) is 0 Å². The Morgan fingerprint density at radius 1 is 1.10 bits per heavy atom. The Hall–Kier alpha value is -1.77. The minimum absolute atomic E-state index is 0.584. The lowest BCUT2D eigenvalue weighted by Crippen LogP contribution is -2.18. The molecule has 3 nitrogen and oxygen atoms in total. The van der Waals surface area contributed by atoms with Crippen molar-refractivity contribution in [2.45, 2.75) is 45.1 Å². The van der Waals surface area contributed by atoms with Gasteiger partial charge >= 0.3 is 0 Å². The third-order valence-corrected chi connectivity index (χ3v) is 4.61. The van der Waals surface area contributed by atoms with Crippen LogP contribution < -0.4 is 5.73 Å². The third kappa shape index (κ3) is 2.72. The molecule has 1 aliphatic carbocycles. The highest BCUT2D eigenvalue weighted by atomic mass is 15.3. The molecule has 2 aromatic rings. The van der Waals surface area contributed by atoms with E-state index in [1.165, 1.54) is 43.2 Å². The molecule has 1 heterocycles. The van der Waals surface area contributed by atoms with Crippen LogP contribution in [0.3, 0.4) is 0 Å². The van der Waals surface area contributed by atoms with Gasteiger partial charge in [0, 0.05) is 17.4 Å². The molecule has 3 heteroatoms. The summed E-state index contributed by atoms with van der Waals surface area (Å²) in [5, 5.41) is 4.57. The normalized spacial score (nSPS) is 22.9. The second-order valence-corrected chi connectivity index (χ2v) is 5.91. The maximum Gasteiger partial charge on any atom is 0.0568 e. The molecule has 0 atom stereocenters. The average molecular weight is 269 g/mol. The van der Waals surface area contributed by atoms with Crippen molar-refractivity contribution in [2.24, 2.45) is 5.92 Å².